The Morgan fingerprint density at radius 1 is 1.17 bits per heavy atom. The quantitative estimate of drug-likeness (QED) is 0.613. The van der Waals surface area contributed by atoms with Crippen molar-refractivity contribution in [2.75, 3.05) is 6.54 Å². The van der Waals surface area contributed by atoms with Gasteiger partial charge in [-0.15, -0.1) is 0 Å². The molecule has 1 amide bonds. The molecule has 0 N–H and O–H groups in total. The normalized spacial score (nSPS) is 17.8. The Kier molecular flexibility index (Phi) is 5.57. The van der Waals surface area contributed by atoms with Crippen LogP contribution in [-0.2, 0) is 4.79 Å². The number of rotatable bonds is 5. The molecule has 156 valence electrons. The minimum absolute atomic E-state index is 0.0231. The molecule has 0 spiro atoms. The Bertz CT molecular complexity index is 1040. The summed E-state index contributed by atoms with van der Waals surface area (Å²) in [5.74, 6) is 0.384. The van der Waals surface area contributed by atoms with E-state index in [1.165, 1.54) is 12.1 Å². The molecule has 2 unspecified atom stereocenters. The zero-order valence-electron chi connectivity index (χ0n) is 17.5. The van der Waals surface area contributed by atoms with Crippen molar-refractivity contribution >= 4 is 5.91 Å². The average molecular weight is 407 g/mol. The first-order valence-corrected chi connectivity index (χ1v) is 10.3. The van der Waals surface area contributed by atoms with E-state index >= 15 is 0 Å². The Morgan fingerprint density at radius 2 is 1.93 bits per heavy atom. The summed E-state index contributed by atoms with van der Waals surface area (Å²) in [6.07, 6.45) is 4.81. The van der Waals surface area contributed by atoms with Crippen LogP contribution in [-0.4, -0.2) is 33.0 Å². The van der Waals surface area contributed by atoms with Crippen molar-refractivity contribution in [3.05, 3.63) is 77.6 Å². The predicted molar refractivity (Wildman–Crippen MR) is 113 cm³/mol. The third kappa shape index (κ3) is 4.08. The van der Waals surface area contributed by atoms with Gasteiger partial charge < -0.3 is 14.2 Å². The minimum Gasteiger partial charge on any atom is -0.481 e. The van der Waals surface area contributed by atoms with Gasteiger partial charge in [0, 0.05) is 18.4 Å². The topological polar surface area (TPSA) is 47.4 Å². The van der Waals surface area contributed by atoms with Crippen molar-refractivity contribution in [3.63, 3.8) is 0 Å². The molecule has 1 aliphatic rings. The molecule has 1 fully saturated rings. The van der Waals surface area contributed by atoms with Gasteiger partial charge in [0.05, 0.1) is 18.1 Å². The first kappa shape index (κ1) is 20.1. The van der Waals surface area contributed by atoms with Crippen LogP contribution in [0.2, 0.25) is 0 Å². The maximum absolute atomic E-state index is 13.2. The fourth-order valence-electron chi connectivity index (χ4n) is 3.99. The second kappa shape index (κ2) is 8.30. The highest BCUT2D eigenvalue weighted by molar-refractivity contribution is 5.82. The van der Waals surface area contributed by atoms with Gasteiger partial charge in [0.1, 0.15) is 11.6 Å². The summed E-state index contributed by atoms with van der Waals surface area (Å²) >= 11 is 0. The highest BCUT2D eigenvalue weighted by atomic mass is 19.1. The number of hydrogen-bond acceptors (Lipinski definition) is 3. The molecule has 5 nitrogen and oxygen atoms in total. The second-order valence-corrected chi connectivity index (χ2v) is 7.88. The van der Waals surface area contributed by atoms with Crippen LogP contribution in [0.15, 0.2) is 55.0 Å². The lowest BCUT2D eigenvalue weighted by molar-refractivity contribution is -0.144. The average Bonchev–Trinajstić information content (AvgIpc) is 3.16. The molecule has 6 heteroatoms. The minimum atomic E-state index is -0.512. The van der Waals surface area contributed by atoms with Gasteiger partial charge in [0.25, 0.3) is 5.91 Å². The molecule has 2 atom stereocenters. The summed E-state index contributed by atoms with van der Waals surface area (Å²) in [6, 6.07) is 12.0. The monoisotopic (exact) mass is 407 g/mol. The van der Waals surface area contributed by atoms with Gasteiger partial charge in [-0.3, -0.25) is 4.79 Å². The fourth-order valence-corrected chi connectivity index (χ4v) is 3.99. The zero-order valence-corrected chi connectivity index (χ0v) is 17.5. The molecule has 2 aromatic carbocycles. The van der Waals surface area contributed by atoms with Gasteiger partial charge in [0.2, 0.25) is 0 Å². The molecule has 0 radical (unpaired) electrons. The zero-order chi connectivity index (χ0) is 21.3. The number of imidazole rings is 1. The smallest absolute Gasteiger partial charge is 0.264 e. The lowest BCUT2D eigenvalue weighted by atomic mass is 10.0. The van der Waals surface area contributed by atoms with Crippen molar-refractivity contribution < 1.29 is 13.9 Å². The SMILES string of the molecule is Cc1cn(-c2ccc(OC3CCCN(C(C)c4ccc(F)cc4)C3=O)cc2C)cn1. The van der Waals surface area contributed by atoms with Crippen molar-refractivity contribution in [3.8, 4) is 11.4 Å². The number of halogens is 1. The number of ether oxygens (including phenoxy) is 1. The number of likely N-dealkylation sites (tertiary alicyclic amines) is 1. The van der Waals surface area contributed by atoms with E-state index in [0.717, 1.165) is 28.9 Å². The number of hydrogen-bond donors (Lipinski definition) is 0. The molecule has 1 saturated heterocycles. The summed E-state index contributed by atoms with van der Waals surface area (Å²) in [5, 5.41) is 0. The lowest BCUT2D eigenvalue weighted by Gasteiger charge is -2.36. The van der Waals surface area contributed by atoms with Gasteiger partial charge in [0.15, 0.2) is 6.10 Å². The van der Waals surface area contributed by atoms with Gasteiger partial charge in [-0.1, -0.05) is 12.1 Å². The van der Waals surface area contributed by atoms with Crippen LogP contribution >= 0.6 is 0 Å². The number of piperidine rings is 1. The van der Waals surface area contributed by atoms with Gasteiger partial charge in [-0.25, -0.2) is 9.37 Å². The van der Waals surface area contributed by atoms with E-state index in [1.54, 1.807) is 18.5 Å². The van der Waals surface area contributed by atoms with Gasteiger partial charge in [-0.05, 0) is 75.1 Å². The van der Waals surface area contributed by atoms with E-state index in [0.29, 0.717) is 18.7 Å². The number of carbonyl (C=O) groups excluding carboxylic acids is 1. The first-order valence-electron chi connectivity index (χ1n) is 10.3. The molecule has 1 aliphatic heterocycles. The van der Waals surface area contributed by atoms with E-state index < -0.39 is 6.10 Å². The van der Waals surface area contributed by atoms with Crippen LogP contribution in [0.3, 0.4) is 0 Å². The van der Waals surface area contributed by atoms with Crippen LogP contribution < -0.4 is 4.74 Å². The van der Waals surface area contributed by atoms with Crippen molar-refractivity contribution in [2.45, 2.75) is 45.8 Å². The number of nitrogens with zero attached hydrogens (tertiary/aromatic N) is 3. The molecule has 0 aliphatic carbocycles. The van der Waals surface area contributed by atoms with Crippen LogP contribution in [0.25, 0.3) is 5.69 Å². The van der Waals surface area contributed by atoms with Crippen LogP contribution in [0.5, 0.6) is 5.75 Å². The molecule has 2 heterocycles. The van der Waals surface area contributed by atoms with Crippen LogP contribution in [0.4, 0.5) is 4.39 Å². The van der Waals surface area contributed by atoms with E-state index in [9.17, 15) is 9.18 Å². The highest BCUT2D eigenvalue weighted by Gasteiger charge is 2.33. The van der Waals surface area contributed by atoms with Gasteiger partial charge in [-0.2, -0.15) is 0 Å². The highest BCUT2D eigenvalue weighted by Crippen LogP contribution is 2.28. The van der Waals surface area contributed by atoms with Crippen molar-refractivity contribution in [2.24, 2.45) is 0 Å². The number of aromatic nitrogens is 2. The standard InChI is InChI=1S/C24H26FN3O2/c1-16-13-21(10-11-22(16)27-14-17(2)26-15-27)30-23-5-4-12-28(24(23)29)18(3)19-6-8-20(25)9-7-19/h6-11,13-15,18,23H,4-5,12H2,1-3H3. The predicted octanol–water partition coefficient (Wildman–Crippen LogP) is 4.76. The van der Waals surface area contributed by atoms with Gasteiger partial charge >= 0.3 is 0 Å². The molecule has 3 aromatic rings. The second-order valence-electron chi connectivity index (χ2n) is 7.88. The van der Waals surface area contributed by atoms with Crippen molar-refractivity contribution in [1.82, 2.24) is 14.5 Å². The third-order valence-electron chi connectivity index (χ3n) is 5.68. The van der Waals surface area contributed by atoms with Crippen molar-refractivity contribution in [1.29, 1.82) is 0 Å². The van der Waals surface area contributed by atoms with E-state index in [4.69, 9.17) is 4.74 Å². The molecule has 4 rings (SSSR count). The number of amides is 1. The Labute approximate surface area is 176 Å². The number of benzene rings is 2. The number of aryl methyl sites for hydroxylation is 2. The fraction of sp³-hybridized carbons (Fsp3) is 0.333. The Balaban J connectivity index is 1.48. The summed E-state index contributed by atoms with van der Waals surface area (Å²) < 4.78 is 21.3. The Hall–Kier alpha value is -3.15. The molecule has 0 bridgehead atoms. The molecular formula is C24H26FN3O2. The summed E-state index contributed by atoms with van der Waals surface area (Å²) in [7, 11) is 0. The van der Waals surface area contributed by atoms with E-state index in [1.807, 2.05) is 54.6 Å². The largest absolute Gasteiger partial charge is 0.481 e. The lowest BCUT2D eigenvalue weighted by Crippen LogP contribution is -2.47. The summed E-state index contributed by atoms with van der Waals surface area (Å²) in [6.45, 7) is 6.62. The molecule has 1 aromatic heterocycles. The number of carbonyl (C=O) groups is 1. The summed E-state index contributed by atoms with van der Waals surface area (Å²) in [5.41, 5.74) is 3.95. The van der Waals surface area contributed by atoms with E-state index in [2.05, 4.69) is 4.98 Å². The van der Waals surface area contributed by atoms with Crippen LogP contribution in [0.1, 0.15) is 42.6 Å². The molecule has 0 saturated carbocycles. The molecular weight excluding hydrogens is 381 g/mol. The maximum atomic E-state index is 13.2. The van der Waals surface area contributed by atoms with Crippen LogP contribution in [0, 0.1) is 19.7 Å². The first-order chi connectivity index (χ1) is 14.4. The van der Waals surface area contributed by atoms with E-state index in [-0.39, 0.29) is 17.8 Å². The summed E-state index contributed by atoms with van der Waals surface area (Å²) in [4.78, 5) is 19.2. The maximum Gasteiger partial charge on any atom is 0.264 e. The Morgan fingerprint density at radius 3 is 2.60 bits per heavy atom. The molecule has 30 heavy (non-hydrogen) atoms. The third-order valence-corrected chi connectivity index (χ3v) is 5.68.